The molecule has 0 spiro atoms. The summed E-state index contributed by atoms with van der Waals surface area (Å²) in [6.07, 6.45) is 1.65. The van der Waals surface area contributed by atoms with Crippen LogP contribution < -0.4 is 20.6 Å². The van der Waals surface area contributed by atoms with Gasteiger partial charge < -0.3 is 18.6 Å². The number of aryl methyl sites for hydroxylation is 2. The van der Waals surface area contributed by atoms with Gasteiger partial charge in [-0.25, -0.2) is 0 Å². The molecule has 6 heteroatoms. The Morgan fingerprint density at radius 3 is 1.94 bits per heavy atom. The first kappa shape index (κ1) is 22.7. The van der Waals surface area contributed by atoms with Crippen LogP contribution in [0.1, 0.15) is 50.7 Å². The minimum atomic E-state index is -0.750. The van der Waals surface area contributed by atoms with Gasteiger partial charge in [-0.15, -0.1) is 0 Å². The molecule has 3 atom stereocenters. The maximum atomic E-state index is 13.9. The highest BCUT2D eigenvalue weighted by Gasteiger charge is 2.54. The van der Waals surface area contributed by atoms with Crippen molar-refractivity contribution >= 4 is 21.8 Å². The second-order valence-corrected chi connectivity index (χ2v) is 10.8. The average molecular weight is 483 g/mol. The van der Waals surface area contributed by atoms with Gasteiger partial charge >= 0.3 is 0 Å². The summed E-state index contributed by atoms with van der Waals surface area (Å²) in [5.74, 6) is 0.457. The molecule has 0 N–H and O–H groups in total. The Morgan fingerprint density at radius 2 is 1.36 bits per heavy atom. The minimum Gasteiger partial charge on any atom is -0.484 e. The Balaban J connectivity index is 1.77. The molecule has 36 heavy (non-hydrogen) atoms. The molecule has 6 nitrogen and oxygen atoms in total. The van der Waals surface area contributed by atoms with Crippen LogP contribution in [-0.4, -0.2) is 20.8 Å². The summed E-state index contributed by atoms with van der Waals surface area (Å²) in [7, 11) is 3.59. The van der Waals surface area contributed by atoms with Crippen LogP contribution in [-0.2, 0) is 14.1 Å². The van der Waals surface area contributed by atoms with Crippen LogP contribution in [0.2, 0.25) is 0 Å². The molecule has 0 saturated carbocycles. The summed E-state index contributed by atoms with van der Waals surface area (Å²) in [5.41, 5.74) is 2.90. The van der Waals surface area contributed by atoms with Crippen molar-refractivity contribution in [2.24, 2.45) is 14.1 Å². The van der Waals surface area contributed by atoms with Gasteiger partial charge in [0.15, 0.2) is 0 Å². The van der Waals surface area contributed by atoms with Gasteiger partial charge in [-0.05, 0) is 52.0 Å². The molecule has 0 unspecified atom stereocenters. The SMILES string of the molecule is CC(C)=C[C@H]1c2c(c3ccccc3n(C)c2=O)O[C@H]2[C@@H]1c1c(c3ccccc3n(C)c1=O)OC2(C)C. The molecular weight excluding hydrogens is 452 g/mol. The van der Waals surface area contributed by atoms with Crippen LogP contribution in [0.4, 0.5) is 0 Å². The van der Waals surface area contributed by atoms with Crippen LogP contribution in [0.15, 0.2) is 69.8 Å². The molecule has 2 aliphatic heterocycles. The third kappa shape index (κ3) is 2.96. The molecule has 2 aliphatic rings. The van der Waals surface area contributed by atoms with E-state index in [1.165, 1.54) is 0 Å². The highest BCUT2D eigenvalue weighted by Crippen LogP contribution is 2.55. The molecule has 6 rings (SSSR count). The summed E-state index contributed by atoms with van der Waals surface area (Å²) >= 11 is 0. The van der Waals surface area contributed by atoms with Crippen molar-refractivity contribution in [1.82, 2.24) is 9.13 Å². The zero-order valence-electron chi connectivity index (χ0n) is 21.5. The lowest BCUT2D eigenvalue weighted by Crippen LogP contribution is -2.57. The minimum absolute atomic E-state index is 0.104. The van der Waals surface area contributed by atoms with Crippen molar-refractivity contribution in [2.75, 3.05) is 0 Å². The summed E-state index contributed by atoms with van der Waals surface area (Å²) in [6, 6.07) is 15.6. The Kier molecular flexibility index (Phi) is 4.78. The summed E-state index contributed by atoms with van der Waals surface area (Å²) in [4.78, 5) is 27.8. The number of fused-ring (bicyclic) bond motifs is 8. The first-order valence-electron chi connectivity index (χ1n) is 12.4. The Hall–Kier alpha value is -3.80. The van der Waals surface area contributed by atoms with Crippen molar-refractivity contribution in [3.63, 3.8) is 0 Å². The second kappa shape index (κ2) is 7.60. The maximum Gasteiger partial charge on any atom is 0.258 e. The fraction of sp³-hybridized carbons (Fsp3) is 0.333. The van der Waals surface area contributed by atoms with E-state index in [1.54, 1.807) is 23.2 Å². The van der Waals surface area contributed by atoms with E-state index in [1.807, 2.05) is 76.2 Å². The van der Waals surface area contributed by atoms with Crippen molar-refractivity contribution in [3.8, 4) is 11.5 Å². The number of ether oxygens (including phenoxy) is 2. The van der Waals surface area contributed by atoms with Crippen molar-refractivity contribution in [1.29, 1.82) is 0 Å². The molecule has 0 bridgehead atoms. The number of nitrogens with zero attached hydrogens (tertiary/aromatic N) is 2. The van der Waals surface area contributed by atoms with Crippen LogP contribution in [0.3, 0.4) is 0 Å². The smallest absolute Gasteiger partial charge is 0.258 e. The maximum absolute atomic E-state index is 13.9. The predicted octanol–water partition coefficient (Wildman–Crippen LogP) is 5.16. The summed E-state index contributed by atoms with van der Waals surface area (Å²) in [6.45, 7) is 8.07. The predicted molar refractivity (Wildman–Crippen MR) is 142 cm³/mol. The van der Waals surface area contributed by atoms with Crippen LogP contribution in [0.5, 0.6) is 11.5 Å². The van der Waals surface area contributed by atoms with E-state index >= 15 is 0 Å². The average Bonchev–Trinajstić information content (AvgIpc) is 2.85. The Labute approximate surface area is 209 Å². The molecule has 0 fully saturated rings. The van der Waals surface area contributed by atoms with Crippen molar-refractivity contribution in [3.05, 3.63) is 92.0 Å². The third-order valence-electron chi connectivity index (χ3n) is 7.77. The van der Waals surface area contributed by atoms with E-state index < -0.39 is 11.7 Å². The topological polar surface area (TPSA) is 62.5 Å². The zero-order valence-corrected chi connectivity index (χ0v) is 21.5. The van der Waals surface area contributed by atoms with E-state index in [0.29, 0.717) is 22.6 Å². The van der Waals surface area contributed by atoms with E-state index in [9.17, 15) is 9.59 Å². The molecule has 2 aromatic heterocycles. The number of pyridine rings is 2. The molecular formula is C30H30N2O4. The first-order valence-corrected chi connectivity index (χ1v) is 12.4. The van der Waals surface area contributed by atoms with Gasteiger partial charge in [0.1, 0.15) is 23.2 Å². The summed E-state index contributed by atoms with van der Waals surface area (Å²) < 4.78 is 16.8. The Morgan fingerprint density at radius 1 is 0.833 bits per heavy atom. The van der Waals surface area contributed by atoms with E-state index in [0.717, 1.165) is 27.4 Å². The normalized spacial score (nSPS) is 21.7. The highest BCUT2D eigenvalue weighted by molar-refractivity contribution is 5.89. The van der Waals surface area contributed by atoms with Crippen LogP contribution in [0.25, 0.3) is 21.8 Å². The van der Waals surface area contributed by atoms with E-state index in [2.05, 4.69) is 6.08 Å². The van der Waals surface area contributed by atoms with Crippen LogP contribution >= 0.6 is 0 Å². The second-order valence-electron chi connectivity index (χ2n) is 10.8. The fourth-order valence-electron chi connectivity index (χ4n) is 6.15. The molecule has 0 amide bonds. The third-order valence-corrected chi connectivity index (χ3v) is 7.77. The first-order chi connectivity index (χ1) is 17.1. The van der Waals surface area contributed by atoms with Gasteiger partial charge in [0.2, 0.25) is 0 Å². The number of benzene rings is 2. The molecule has 0 aliphatic carbocycles. The summed E-state index contributed by atoms with van der Waals surface area (Å²) in [5, 5.41) is 1.77. The van der Waals surface area contributed by atoms with E-state index in [4.69, 9.17) is 9.47 Å². The van der Waals surface area contributed by atoms with E-state index in [-0.39, 0.29) is 23.0 Å². The number of para-hydroxylation sites is 2. The standard InChI is InChI=1S/C30H30N2O4/c1-16(2)15-19-22-24-26(18-12-8-10-14-21(18)32(6)29(24)34)36-30(3,4)27(22)35-25-17-11-7-9-13-20(17)31(5)28(33)23(19)25/h7-15,19,22,27H,1-6H3/t19-,22+,27+/m1/s1. The number of aromatic nitrogens is 2. The largest absolute Gasteiger partial charge is 0.484 e. The molecule has 0 saturated heterocycles. The lowest BCUT2D eigenvalue weighted by molar-refractivity contribution is -0.0528. The van der Waals surface area contributed by atoms with Gasteiger partial charge in [0.25, 0.3) is 11.1 Å². The molecule has 4 heterocycles. The van der Waals surface area contributed by atoms with Gasteiger partial charge in [0.05, 0.1) is 22.2 Å². The van der Waals surface area contributed by atoms with Crippen LogP contribution in [0, 0.1) is 0 Å². The van der Waals surface area contributed by atoms with Gasteiger partial charge in [0, 0.05) is 36.7 Å². The lowest BCUT2D eigenvalue weighted by Gasteiger charge is -2.49. The highest BCUT2D eigenvalue weighted by atomic mass is 16.6. The van der Waals surface area contributed by atoms with Gasteiger partial charge in [-0.1, -0.05) is 35.9 Å². The molecule has 184 valence electrons. The van der Waals surface area contributed by atoms with Crippen molar-refractivity contribution in [2.45, 2.75) is 51.2 Å². The van der Waals surface area contributed by atoms with Crippen molar-refractivity contribution < 1.29 is 9.47 Å². The number of allylic oxidation sites excluding steroid dienone is 2. The monoisotopic (exact) mass is 482 g/mol. The lowest BCUT2D eigenvalue weighted by atomic mass is 9.69. The molecule has 0 radical (unpaired) electrons. The quantitative estimate of drug-likeness (QED) is 0.352. The van der Waals surface area contributed by atoms with Gasteiger partial charge in [-0.3, -0.25) is 9.59 Å². The fourth-order valence-corrected chi connectivity index (χ4v) is 6.15. The zero-order chi connectivity index (χ0) is 25.5. The molecule has 4 aromatic rings. The number of hydrogen-bond donors (Lipinski definition) is 0. The van der Waals surface area contributed by atoms with Gasteiger partial charge in [-0.2, -0.15) is 0 Å². The number of rotatable bonds is 1. The molecule has 2 aromatic carbocycles. The Bertz CT molecular complexity index is 1720. The number of hydrogen-bond acceptors (Lipinski definition) is 4.